The van der Waals surface area contributed by atoms with E-state index < -0.39 is 0 Å². The number of rotatable bonds is 6. The van der Waals surface area contributed by atoms with Crippen LogP contribution in [-0.2, 0) is 13.3 Å². The fourth-order valence-corrected chi connectivity index (χ4v) is 5.17. The predicted molar refractivity (Wildman–Crippen MR) is 114 cm³/mol. The quantitative estimate of drug-likeness (QED) is 0.477. The van der Waals surface area contributed by atoms with Gasteiger partial charge in [-0.3, -0.25) is 9.13 Å². The van der Waals surface area contributed by atoms with Crippen LogP contribution in [0.3, 0.4) is 0 Å². The average molecular weight is 423 g/mol. The summed E-state index contributed by atoms with van der Waals surface area (Å²) in [6.07, 6.45) is 3.44. The molecule has 2 unspecified atom stereocenters. The SMILES string of the molecule is CCOc1ccc2c(c1)n(C[NH+]1CCC[C@H](O)C1)c(=S)n2C[NH+]1CCC[C@H](O)C1. The van der Waals surface area contributed by atoms with Gasteiger partial charge in [-0.25, -0.2) is 0 Å². The van der Waals surface area contributed by atoms with E-state index in [0.29, 0.717) is 6.61 Å². The van der Waals surface area contributed by atoms with Gasteiger partial charge in [0.15, 0.2) is 18.1 Å². The van der Waals surface area contributed by atoms with Gasteiger partial charge in [-0.05, 0) is 57.0 Å². The Morgan fingerprint density at radius 3 is 2.14 bits per heavy atom. The number of ether oxygens (including phenoxy) is 1. The van der Waals surface area contributed by atoms with Crippen molar-refractivity contribution < 1.29 is 24.7 Å². The largest absolute Gasteiger partial charge is 0.494 e. The van der Waals surface area contributed by atoms with Gasteiger partial charge < -0.3 is 24.7 Å². The smallest absolute Gasteiger partial charge is 0.189 e. The number of hydrogen-bond acceptors (Lipinski definition) is 4. The number of nitrogens with one attached hydrogen (secondary N) is 2. The third-order valence-corrected chi connectivity index (χ3v) is 6.69. The van der Waals surface area contributed by atoms with Crippen LogP contribution < -0.4 is 14.5 Å². The number of fused-ring (bicyclic) bond motifs is 1. The van der Waals surface area contributed by atoms with Gasteiger partial charge in [-0.1, -0.05) is 0 Å². The Morgan fingerprint density at radius 1 is 1.00 bits per heavy atom. The van der Waals surface area contributed by atoms with Gasteiger partial charge in [-0.2, -0.15) is 0 Å². The minimum Gasteiger partial charge on any atom is -0.494 e. The van der Waals surface area contributed by atoms with Crippen LogP contribution in [-0.4, -0.2) is 64.3 Å². The van der Waals surface area contributed by atoms with Crippen LogP contribution in [0.15, 0.2) is 18.2 Å². The highest BCUT2D eigenvalue weighted by molar-refractivity contribution is 7.71. The normalized spacial score (nSPS) is 28.0. The first-order valence-corrected chi connectivity index (χ1v) is 11.3. The van der Waals surface area contributed by atoms with Crippen LogP contribution in [0.2, 0.25) is 0 Å². The maximum atomic E-state index is 10.1. The van der Waals surface area contributed by atoms with E-state index in [1.54, 1.807) is 0 Å². The molecule has 7 nitrogen and oxygen atoms in total. The van der Waals surface area contributed by atoms with Crippen LogP contribution in [0.25, 0.3) is 11.0 Å². The Balaban J connectivity index is 1.69. The molecule has 1 aromatic heterocycles. The number of likely N-dealkylation sites (tertiary alicyclic amines) is 2. The van der Waals surface area contributed by atoms with E-state index in [-0.39, 0.29) is 12.2 Å². The van der Waals surface area contributed by atoms with Gasteiger partial charge in [0, 0.05) is 6.07 Å². The maximum absolute atomic E-state index is 10.1. The monoisotopic (exact) mass is 422 g/mol. The zero-order valence-corrected chi connectivity index (χ0v) is 18.1. The van der Waals surface area contributed by atoms with Crippen molar-refractivity contribution in [1.29, 1.82) is 0 Å². The second kappa shape index (κ2) is 9.14. The van der Waals surface area contributed by atoms with E-state index in [1.165, 1.54) is 9.80 Å². The van der Waals surface area contributed by atoms with Crippen molar-refractivity contribution in [2.24, 2.45) is 0 Å². The number of piperidine rings is 2. The molecule has 2 aliphatic heterocycles. The molecule has 8 heteroatoms. The fraction of sp³-hybridized carbons (Fsp3) is 0.667. The number of aliphatic hydroxyl groups is 2. The summed E-state index contributed by atoms with van der Waals surface area (Å²) in [6.45, 7) is 7.81. The third kappa shape index (κ3) is 4.67. The Morgan fingerprint density at radius 2 is 1.59 bits per heavy atom. The number of quaternary nitrogens is 2. The average Bonchev–Trinajstić information content (AvgIpc) is 2.94. The summed E-state index contributed by atoms with van der Waals surface area (Å²) < 4.78 is 11.0. The maximum Gasteiger partial charge on any atom is 0.189 e. The lowest BCUT2D eigenvalue weighted by atomic mass is 10.1. The first-order valence-electron chi connectivity index (χ1n) is 10.9. The first-order chi connectivity index (χ1) is 14.0. The highest BCUT2D eigenvalue weighted by atomic mass is 32.1. The molecule has 0 radical (unpaired) electrons. The molecule has 0 amide bonds. The zero-order chi connectivity index (χ0) is 20.4. The van der Waals surface area contributed by atoms with Crippen LogP contribution in [0.5, 0.6) is 5.75 Å². The van der Waals surface area contributed by atoms with Gasteiger partial charge in [0.1, 0.15) is 31.0 Å². The van der Waals surface area contributed by atoms with Crippen LogP contribution in [0.4, 0.5) is 0 Å². The van der Waals surface area contributed by atoms with Crippen LogP contribution >= 0.6 is 12.2 Å². The van der Waals surface area contributed by atoms with Crippen molar-refractivity contribution in [3.05, 3.63) is 23.0 Å². The molecule has 2 aliphatic rings. The second-order valence-corrected chi connectivity index (χ2v) is 8.90. The van der Waals surface area contributed by atoms with E-state index in [9.17, 15) is 10.2 Å². The van der Waals surface area contributed by atoms with Crippen molar-refractivity contribution in [3.8, 4) is 5.75 Å². The molecule has 2 fully saturated rings. The van der Waals surface area contributed by atoms with Crippen molar-refractivity contribution in [3.63, 3.8) is 0 Å². The minimum atomic E-state index is -0.223. The summed E-state index contributed by atoms with van der Waals surface area (Å²) in [6, 6.07) is 6.21. The number of aliphatic hydroxyl groups excluding tert-OH is 2. The molecule has 0 saturated carbocycles. The molecule has 2 saturated heterocycles. The molecule has 4 atom stereocenters. The molecule has 0 bridgehead atoms. The fourth-order valence-electron chi connectivity index (χ4n) is 4.85. The number of nitrogens with zero attached hydrogens (tertiary/aromatic N) is 2. The number of hydrogen-bond donors (Lipinski definition) is 4. The molecule has 4 rings (SSSR count). The third-order valence-electron chi connectivity index (χ3n) is 6.25. The first kappa shape index (κ1) is 20.8. The van der Waals surface area contributed by atoms with Crippen molar-refractivity contribution >= 4 is 23.3 Å². The van der Waals surface area contributed by atoms with E-state index in [4.69, 9.17) is 17.0 Å². The standard InChI is InChI=1S/C21H32N4O3S/c1-2-28-18-7-8-19-20(11-18)25(15-23-10-4-6-17(27)13-23)21(29)24(19)14-22-9-3-5-16(26)12-22/h7-8,11,16-17,26-27H,2-6,9-10,12-15H2,1H3/p+2/t16-,17-/m0/s1. The second-order valence-electron chi connectivity index (χ2n) is 8.54. The van der Waals surface area contributed by atoms with Crippen molar-refractivity contribution in [2.75, 3.05) is 32.8 Å². The minimum absolute atomic E-state index is 0.217. The number of imidazole rings is 1. The molecule has 4 N–H and O–H groups in total. The summed E-state index contributed by atoms with van der Waals surface area (Å²) in [4.78, 5) is 2.73. The van der Waals surface area contributed by atoms with E-state index in [0.717, 1.165) is 86.8 Å². The Hall–Kier alpha value is -1.45. The Bertz CT molecular complexity index is 896. The lowest BCUT2D eigenvalue weighted by Crippen LogP contribution is -3.13. The summed E-state index contributed by atoms with van der Waals surface area (Å²) in [5.41, 5.74) is 2.20. The summed E-state index contributed by atoms with van der Waals surface area (Å²) in [5, 5.41) is 20.2. The van der Waals surface area contributed by atoms with Gasteiger partial charge in [-0.15, -0.1) is 0 Å². The number of aromatic nitrogens is 2. The van der Waals surface area contributed by atoms with E-state index >= 15 is 0 Å². The van der Waals surface area contributed by atoms with E-state index in [2.05, 4.69) is 21.3 Å². The van der Waals surface area contributed by atoms with Gasteiger partial charge >= 0.3 is 0 Å². The lowest BCUT2D eigenvalue weighted by Gasteiger charge is -2.28. The molecular weight excluding hydrogens is 388 g/mol. The molecule has 160 valence electrons. The molecule has 0 aliphatic carbocycles. The van der Waals surface area contributed by atoms with Gasteiger partial charge in [0.05, 0.1) is 30.7 Å². The van der Waals surface area contributed by atoms with Crippen LogP contribution in [0.1, 0.15) is 32.6 Å². The number of benzene rings is 1. The highest BCUT2D eigenvalue weighted by Crippen LogP contribution is 2.23. The molecule has 0 spiro atoms. The Labute approximate surface area is 177 Å². The molecule has 1 aromatic carbocycles. The lowest BCUT2D eigenvalue weighted by molar-refractivity contribution is -0.931. The van der Waals surface area contributed by atoms with Crippen molar-refractivity contribution in [1.82, 2.24) is 9.13 Å². The molecule has 2 aromatic rings. The van der Waals surface area contributed by atoms with Gasteiger partial charge in [0.25, 0.3) is 0 Å². The Kier molecular flexibility index (Phi) is 6.56. The summed E-state index contributed by atoms with van der Waals surface area (Å²) in [5.74, 6) is 0.857. The molecule has 3 heterocycles. The topological polar surface area (TPSA) is 68.4 Å². The summed E-state index contributed by atoms with van der Waals surface area (Å²) >= 11 is 5.93. The zero-order valence-electron chi connectivity index (χ0n) is 17.3. The van der Waals surface area contributed by atoms with E-state index in [1.807, 2.05) is 13.0 Å². The van der Waals surface area contributed by atoms with Crippen molar-refractivity contribution in [2.45, 2.75) is 58.2 Å². The highest BCUT2D eigenvalue weighted by Gasteiger charge is 2.25. The molecular formula is C21H34N4O3S+2. The summed E-state index contributed by atoms with van der Waals surface area (Å²) in [7, 11) is 0. The van der Waals surface area contributed by atoms with Gasteiger partial charge in [0.2, 0.25) is 0 Å². The van der Waals surface area contributed by atoms with Crippen LogP contribution in [0, 0.1) is 4.77 Å². The predicted octanol–water partition coefficient (Wildman–Crippen LogP) is -0.435. The molecule has 29 heavy (non-hydrogen) atoms.